The van der Waals surface area contributed by atoms with Crippen molar-refractivity contribution < 1.29 is 31.1 Å². The van der Waals surface area contributed by atoms with E-state index in [0.717, 1.165) is 0 Å². The topological polar surface area (TPSA) is 76.7 Å². The first-order chi connectivity index (χ1) is 17.6. The van der Waals surface area contributed by atoms with Crippen LogP contribution in [0.1, 0.15) is 28.3 Å². The first kappa shape index (κ1) is 32.8. The molecule has 0 saturated carbocycles. The normalized spacial score (nSPS) is 15.5. The van der Waals surface area contributed by atoms with Crippen LogP contribution in [0.5, 0.6) is 0 Å². The van der Waals surface area contributed by atoms with Crippen molar-refractivity contribution >= 4 is 47.5 Å². The number of nitrogens with zero attached hydrogens (tertiary/aromatic N) is 3. The number of nitrogens with two attached hydrogens (primary N) is 1. The fraction of sp³-hybridized carbons (Fsp3) is 0.417. The van der Waals surface area contributed by atoms with Crippen LogP contribution >= 0.6 is 35.6 Å². The lowest BCUT2D eigenvalue weighted by molar-refractivity contribution is -0.143. The average molecular weight is 621 g/mol. The van der Waals surface area contributed by atoms with Crippen molar-refractivity contribution in [3.05, 3.63) is 68.7 Å². The summed E-state index contributed by atoms with van der Waals surface area (Å²) in [4.78, 5) is 18.4. The van der Waals surface area contributed by atoms with Crippen molar-refractivity contribution in [3.8, 4) is 0 Å². The summed E-state index contributed by atoms with van der Waals surface area (Å²) >= 11 is 12.2. The van der Waals surface area contributed by atoms with Crippen molar-refractivity contribution in [2.45, 2.75) is 24.8 Å². The number of rotatable bonds is 6. The molecule has 2 aromatic rings. The number of nitrogens with one attached hydrogen (secondary N) is 1. The predicted molar refractivity (Wildman–Crippen MR) is 139 cm³/mol. The number of carbonyl (C=O) groups is 1. The first-order valence-electron chi connectivity index (χ1n) is 11.4. The Hall–Kier alpha value is -2.41. The van der Waals surface area contributed by atoms with E-state index in [4.69, 9.17) is 34.3 Å². The second-order valence-corrected chi connectivity index (χ2v) is 9.72. The third kappa shape index (κ3) is 8.29. The summed E-state index contributed by atoms with van der Waals surface area (Å²) in [5, 5.41) is 8.11. The van der Waals surface area contributed by atoms with Crippen LogP contribution in [0.3, 0.4) is 0 Å². The minimum absolute atomic E-state index is 0. The molecule has 1 heterocycles. The van der Waals surface area contributed by atoms with Crippen LogP contribution in [0, 0.1) is 5.41 Å². The van der Waals surface area contributed by atoms with Gasteiger partial charge in [-0.15, -0.1) is 12.4 Å². The Morgan fingerprint density at radius 3 is 1.97 bits per heavy atom. The van der Waals surface area contributed by atoms with Crippen LogP contribution < -0.4 is 5.73 Å². The number of likely N-dealkylation sites (N-methyl/N-ethyl adjacent to an activating group) is 1. The monoisotopic (exact) mass is 619 g/mol. The average Bonchev–Trinajstić information content (AvgIpc) is 2.83. The van der Waals surface area contributed by atoms with Gasteiger partial charge in [-0.3, -0.25) is 15.1 Å². The van der Waals surface area contributed by atoms with Gasteiger partial charge in [0.1, 0.15) is 6.04 Å². The van der Waals surface area contributed by atoms with Gasteiger partial charge in [-0.2, -0.15) is 26.3 Å². The molecular weight excluding hydrogens is 595 g/mol. The van der Waals surface area contributed by atoms with E-state index in [1.165, 1.54) is 18.0 Å². The molecule has 39 heavy (non-hydrogen) atoms. The number of halogens is 9. The zero-order valence-corrected chi connectivity index (χ0v) is 22.9. The van der Waals surface area contributed by atoms with Gasteiger partial charge in [0.05, 0.1) is 21.2 Å². The Bertz CT molecular complexity index is 1150. The lowest BCUT2D eigenvalue weighted by Crippen LogP contribution is -2.54. The van der Waals surface area contributed by atoms with Gasteiger partial charge in [-0.05, 0) is 47.9 Å². The van der Waals surface area contributed by atoms with Crippen molar-refractivity contribution in [1.82, 2.24) is 14.7 Å². The van der Waals surface area contributed by atoms with Gasteiger partial charge < -0.3 is 15.5 Å². The van der Waals surface area contributed by atoms with Gasteiger partial charge in [-0.1, -0.05) is 29.3 Å². The summed E-state index contributed by atoms with van der Waals surface area (Å²) in [6.45, 7) is 1.37. The molecule has 2 aromatic carbocycles. The van der Waals surface area contributed by atoms with Gasteiger partial charge in [0.25, 0.3) is 0 Å². The number of guanidine groups is 1. The molecule has 3 rings (SSSR count). The Kier molecular flexibility index (Phi) is 10.8. The third-order valence-corrected chi connectivity index (χ3v) is 7.01. The summed E-state index contributed by atoms with van der Waals surface area (Å²) in [5.41, 5.74) is 3.06. The maximum atomic E-state index is 13.6. The highest BCUT2D eigenvalue weighted by molar-refractivity contribution is 6.42. The maximum absolute atomic E-state index is 13.6. The van der Waals surface area contributed by atoms with Gasteiger partial charge in [-0.25, -0.2) is 0 Å². The molecular formula is C24H26Cl3F6N5O. The lowest BCUT2D eigenvalue weighted by Gasteiger charge is -2.40. The quantitative estimate of drug-likeness (QED) is 0.247. The molecule has 1 aliphatic heterocycles. The summed E-state index contributed by atoms with van der Waals surface area (Å²) < 4.78 is 79.3. The number of hydrogen-bond acceptors (Lipinski definition) is 3. The van der Waals surface area contributed by atoms with Gasteiger partial charge >= 0.3 is 12.4 Å². The molecule has 6 nitrogen and oxygen atoms in total. The van der Waals surface area contributed by atoms with Crippen LogP contribution in [0.25, 0.3) is 0 Å². The van der Waals surface area contributed by atoms with E-state index in [-0.39, 0.29) is 53.0 Å². The Morgan fingerprint density at radius 2 is 1.51 bits per heavy atom. The Balaban J connectivity index is 0.00000533. The maximum Gasteiger partial charge on any atom is 0.416 e. The molecule has 0 spiro atoms. The SMILES string of the molecule is CN(CCc1cc(C(F)(F)F)cc(C(F)(F)F)c1)C(=O)[C@H](c1ccc(Cl)c(Cl)c1)N1CCN(C(=N)N)CC1.Cl. The molecule has 0 bridgehead atoms. The van der Waals surface area contributed by atoms with Gasteiger partial charge in [0.2, 0.25) is 5.91 Å². The number of amides is 1. The Morgan fingerprint density at radius 1 is 0.974 bits per heavy atom. The molecule has 1 aliphatic rings. The van der Waals surface area contributed by atoms with Crippen LogP contribution in [0.2, 0.25) is 10.0 Å². The molecule has 1 amide bonds. The standard InChI is InChI=1S/C24H25Cl2F6N5O.ClH/c1-35(5-4-14-10-16(23(27,28)29)13-17(11-14)24(30,31)32)21(38)20(15-2-3-18(25)19(26)12-15)36-6-8-37(9-7-36)22(33)34;/h2-3,10-13,20H,4-9H2,1H3,(H3,33,34);1H/t20-;/m0./s1. The fourth-order valence-corrected chi connectivity index (χ4v) is 4.50. The summed E-state index contributed by atoms with van der Waals surface area (Å²) in [6.07, 6.45) is -10.2. The second-order valence-electron chi connectivity index (χ2n) is 8.91. The minimum Gasteiger partial charge on any atom is -0.370 e. The van der Waals surface area contributed by atoms with Gasteiger partial charge in [0, 0.05) is 39.8 Å². The molecule has 1 atom stereocenters. The van der Waals surface area contributed by atoms with E-state index >= 15 is 0 Å². The van der Waals surface area contributed by atoms with Crippen LogP contribution in [-0.2, 0) is 23.6 Å². The van der Waals surface area contributed by atoms with E-state index in [1.54, 1.807) is 17.0 Å². The largest absolute Gasteiger partial charge is 0.416 e. The lowest BCUT2D eigenvalue weighted by atomic mass is 10.0. The van der Waals surface area contributed by atoms with E-state index < -0.39 is 35.4 Å². The van der Waals surface area contributed by atoms with Crippen LogP contribution in [-0.4, -0.2) is 66.3 Å². The minimum atomic E-state index is -4.96. The van der Waals surface area contributed by atoms with Crippen molar-refractivity contribution in [2.24, 2.45) is 5.73 Å². The molecule has 3 N–H and O–H groups in total. The summed E-state index contributed by atoms with van der Waals surface area (Å²) in [6, 6.07) is 5.24. The smallest absolute Gasteiger partial charge is 0.370 e. The summed E-state index contributed by atoms with van der Waals surface area (Å²) in [7, 11) is 1.43. The van der Waals surface area contributed by atoms with E-state index in [1.807, 2.05) is 4.90 Å². The molecule has 1 saturated heterocycles. The highest BCUT2D eigenvalue weighted by atomic mass is 35.5. The second kappa shape index (κ2) is 12.8. The molecule has 216 valence electrons. The molecule has 0 aliphatic carbocycles. The van der Waals surface area contributed by atoms with E-state index in [9.17, 15) is 31.1 Å². The van der Waals surface area contributed by atoms with Crippen LogP contribution in [0.4, 0.5) is 26.3 Å². The number of benzene rings is 2. The molecule has 15 heteroatoms. The number of hydrogen-bond donors (Lipinski definition) is 2. The number of piperazine rings is 1. The van der Waals surface area contributed by atoms with Crippen molar-refractivity contribution in [1.29, 1.82) is 5.41 Å². The van der Waals surface area contributed by atoms with Gasteiger partial charge in [0.15, 0.2) is 5.96 Å². The first-order valence-corrected chi connectivity index (χ1v) is 12.1. The van der Waals surface area contributed by atoms with Crippen LogP contribution in [0.15, 0.2) is 36.4 Å². The highest BCUT2D eigenvalue weighted by Crippen LogP contribution is 2.36. The number of alkyl halides is 6. The fourth-order valence-electron chi connectivity index (χ4n) is 4.19. The third-order valence-electron chi connectivity index (χ3n) is 6.27. The van der Waals surface area contributed by atoms with E-state index in [0.29, 0.717) is 43.9 Å². The molecule has 0 radical (unpaired) electrons. The van der Waals surface area contributed by atoms with Crippen molar-refractivity contribution in [2.75, 3.05) is 39.8 Å². The number of carbonyl (C=O) groups excluding carboxylic acids is 1. The molecule has 0 unspecified atom stereocenters. The van der Waals surface area contributed by atoms with E-state index in [2.05, 4.69) is 0 Å². The molecule has 0 aromatic heterocycles. The highest BCUT2D eigenvalue weighted by Gasteiger charge is 2.37. The summed E-state index contributed by atoms with van der Waals surface area (Å²) in [5.74, 6) is -0.527. The zero-order valence-electron chi connectivity index (χ0n) is 20.5. The predicted octanol–water partition coefficient (Wildman–Crippen LogP) is 5.71. The zero-order chi connectivity index (χ0) is 28.4. The Labute approximate surface area is 237 Å². The molecule has 1 fully saturated rings. The van der Waals surface area contributed by atoms with Crippen molar-refractivity contribution in [3.63, 3.8) is 0 Å².